The fraction of sp³-hybridized carbons (Fsp3) is 0.211. The van der Waals surface area contributed by atoms with E-state index in [9.17, 15) is 22.8 Å². The minimum atomic E-state index is -4.68. The summed E-state index contributed by atoms with van der Waals surface area (Å²) < 4.78 is 41.1. The van der Waals surface area contributed by atoms with Crippen LogP contribution in [0.2, 0.25) is 5.02 Å². The van der Waals surface area contributed by atoms with Crippen LogP contribution in [0.15, 0.2) is 59.8 Å². The van der Waals surface area contributed by atoms with E-state index in [1.54, 1.807) is 17.1 Å². The van der Waals surface area contributed by atoms with Crippen LogP contribution in [0.1, 0.15) is 11.1 Å². The van der Waals surface area contributed by atoms with Gasteiger partial charge in [-0.25, -0.2) is 4.68 Å². The summed E-state index contributed by atoms with van der Waals surface area (Å²) in [6, 6.07) is 9.90. The zero-order chi connectivity index (χ0) is 21.2. The second-order valence-electron chi connectivity index (χ2n) is 6.39. The number of likely N-dealkylation sites (N-methyl/N-ethyl adjacent to an activating group) is 1. The van der Waals surface area contributed by atoms with E-state index in [1.165, 1.54) is 11.9 Å². The predicted molar refractivity (Wildman–Crippen MR) is 101 cm³/mol. The molecule has 0 bridgehead atoms. The maximum absolute atomic E-state index is 12.9. The monoisotopic (exact) mass is 424 g/mol. The molecule has 0 fully saturated rings. The van der Waals surface area contributed by atoms with Gasteiger partial charge in [0.15, 0.2) is 0 Å². The van der Waals surface area contributed by atoms with Gasteiger partial charge in [-0.15, -0.1) is 0 Å². The number of carbonyl (C=O) groups is 1. The SMILES string of the molecule is CN(Cc1cnn(-c2ccccc2)c1)C(=O)Cn1cc(C(F)(F)F)cc(Cl)c1=O. The van der Waals surface area contributed by atoms with Crippen molar-refractivity contribution in [1.29, 1.82) is 0 Å². The third kappa shape index (κ3) is 4.86. The maximum Gasteiger partial charge on any atom is 0.417 e. The lowest BCUT2D eigenvalue weighted by molar-refractivity contribution is -0.138. The number of benzene rings is 1. The van der Waals surface area contributed by atoms with Crippen LogP contribution < -0.4 is 5.56 Å². The lowest BCUT2D eigenvalue weighted by atomic mass is 10.2. The minimum Gasteiger partial charge on any atom is -0.340 e. The smallest absolute Gasteiger partial charge is 0.340 e. The number of nitrogens with zero attached hydrogens (tertiary/aromatic N) is 4. The number of hydrogen-bond donors (Lipinski definition) is 0. The van der Waals surface area contributed by atoms with Gasteiger partial charge in [-0.1, -0.05) is 29.8 Å². The zero-order valence-corrected chi connectivity index (χ0v) is 16.0. The van der Waals surface area contributed by atoms with E-state index in [4.69, 9.17) is 11.6 Å². The average molecular weight is 425 g/mol. The summed E-state index contributed by atoms with van der Waals surface area (Å²) in [6.07, 6.45) is -0.760. The molecule has 0 saturated carbocycles. The van der Waals surface area contributed by atoms with Crippen LogP contribution in [0.5, 0.6) is 0 Å². The summed E-state index contributed by atoms with van der Waals surface area (Å²) in [5.74, 6) is -0.546. The van der Waals surface area contributed by atoms with Gasteiger partial charge in [0.05, 0.1) is 17.4 Å². The fourth-order valence-corrected chi connectivity index (χ4v) is 2.89. The van der Waals surface area contributed by atoms with Gasteiger partial charge in [-0.05, 0) is 18.2 Å². The van der Waals surface area contributed by atoms with Gasteiger partial charge in [0.1, 0.15) is 11.6 Å². The zero-order valence-electron chi connectivity index (χ0n) is 15.2. The second kappa shape index (κ2) is 8.12. The number of rotatable bonds is 5. The summed E-state index contributed by atoms with van der Waals surface area (Å²) in [5, 5.41) is 3.63. The Kier molecular flexibility index (Phi) is 5.78. The molecule has 0 saturated heterocycles. The topological polar surface area (TPSA) is 60.1 Å². The number of pyridine rings is 1. The Hall–Kier alpha value is -3.07. The molecule has 3 aromatic rings. The molecule has 2 heterocycles. The van der Waals surface area contributed by atoms with Crippen molar-refractivity contribution in [2.75, 3.05) is 7.05 Å². The molecule has 0 aliphatic heterocycles. The summed E-state index contributed by atoms with van der Waals surface area (Å²) in [6.45, 7) is -0.390. The molecule has 152 valence electrons. The Morgan fingerprint density at radius 2 is 1.90 bits per heavy atom. The van der Waals surface area contributed by atoms with Crippen LogP contribution in [-0.4, -0.2) is 32.2 Å². The average Bonchev–Trinajstić information content (AvgIpc) is 3.13. The standard InChI is InChI=1S/C19H16ClF3N4O2/c1-25(9-13-8-24-27(10-13)15-5-3-2-4-6-15)17(28)12-26-11-14(19(21,22)23)7-16(20)18(26)29/h2-8,10-11H,9,12H2,1H3. The van der Waals surface area contributed by atoms with Crippen LogP contribution in [0.3, 0.4) is 0 Å². The Balaban J connectivity index is 1.73. The van der Waals surface area contributed by atoms with Crippen molar-refractivity contribution in [3.63, 3.8) is 0 Å². The lowest BCUT2D eigenvalue weighted by Gasteiger charge is -2.18. The number of aromatic nitrogens is 3. The molecule has 3 rings (SSSR count). The van der Waals surface area contributed by atoms with Crippen molar-refractivity contribution in [2.45, 2.75) is 19.3 Å². The Bertz CT molecular complexity index is 1080. The van der Waals surface area contributed by atoms with Crippen molar-refractivity contribution < 1.29 is 18.0 Å². The van der Waals surface area contributed by atoms with E-state index in [0.717, 1.165) is 11.3 Å². The summed E-state index contributed by atoms with van der Waals surface area (Å²) >= 11 is 5.61. The molecule has 1 aromatic carbocycles. The predicted octanol–water partition coefficient (Wildman–Crippen LogP) is 3.36. The fourth-order valence-electron chi connectivity index (χ4n) is 2.66. The Morgan fingerprint density at radius 3 is 2.55 bits per heavy atom. The molecule has 10 heteroatoms. The number of para-hydroxylation sites is 1. The first-order valence-corrected chi connectivity index (χ1v) is 8.83. The molecule has 0 aliphatic rings. The third-order valence-corrected chi connectivity index (χ3v) is 4.45. The number of halogens is 4. The van der Waals surface area contributed by atoms with Gasteiger partial charge >= 0.3 is 6.18 Å². The molecule has 0 unspecified atom stereocenters. The quantitative estimate of drug-likeness (QED) is 0.631. The highest BCUT2D eigenvalue weighted by Gasteiger charge is 2.32. The summed E-state index contributed by atoms with van der Waals surface area (Å²) in [5.41, 5.74) is -0.392. The van der Waals surface area contributed by atoms with E-state index in [0.29, 0.717) is 16.8 Å². The Labute approximate surface area is 168 Å². The lowest BCUT2D eigenvalue weighted by Crippen LogP contribution is -2.34. The van der Waals surface area contributed by atoms with Gasteiger partial charge < -0.3 is 9.47 Å². The maximum atomic E-state index is 12.9. The molecular formula is C19H16ClF3N4O2. The van der Waals surface area contributed by atoms with Crippen molar-refractivity contribution in [2.24, 2.45) is 0 Å². The number of carbonyl (C=O) groups excluding carboxylic acids is 1. The molecule has 0 atom stereocenters. The molecule has 2 aromatic heterocycles. The van der Waals surface area contributed by atoms with E-state index < -0.39 is 34.8 Å². The first-order valence-electron chi connectivity index (χ1n) is 8.45. The van der Waals surface area contributed by atoms with Crippen molar-refractivity contribution in [3.8, 4) is 5.69 Å². The first kappa shape index (κ1) is 20.7. The number of amides is 1. The van der Waals surface area contributed by atoms with E-state index >= 15 is 0 Å². The van der Waals surface area contributed by atoms with Gasteiger partial charge in [-0.2, -0.15) is 18.3 Å². The van der Waals surface area contributed by atoms with Crippen molar-refractivity contribution in [1.82, 2.24) is 19.2 Å². The van der Waals surface area contributed by atoms with Crippen LogP contribution in [0, 0.1) is 0 Å². The molecule has 6 nitrogen and oxygen atoms in total. The van der Waals surface area contributed by atoms with Crippen molar-refractivity contribution in [3.05, 3.63) is 81.5 Å². The van der Waals surface area contributed by atoms with Gasteiger partial charge in [0.25, 0.3) is 5.56 Å². The molecule has 0 aliphatic carbocycles. The highest BCUT2D eigenvalue weighted by Crippen LogP contribution is 2.29. The van der Waals surface area contributed by atoms with Crippen LogP contribution in [-0.2, 0) is 24.1 Å². The second-order valence-corrected chi connectivity index (χ2v) is 6.79. The number of alkyl halides is 3. The molecular weight excluding hydrogens is 409 g/mol. The third-order valence-electron chi connectivity index (χ3n) is 4.18. The van der Waals surface area contributed by atoms with Crippen LogP contribution in [0.4, 0.5) is 13.2 Å². The van der Waals surface area contributed by atoms with E-state index in [-0.39, 0.29) is 6.54 Å². The van der Waals surface area contributed by atoms with E-state index in [1.807, 2.05) is 30.3 Å². The number of hydrogen-bond acceptors (Lipinski definition) is 3. The van der Waals surface area contributed by atoms with Crippen LogP contribution >= 0.6 is 11.6 Å². The largest absolute Gasteiger partial charge is 0.417 e. The van der Waals surface area contributed by atoms with Gasteiger partial charge in [-0.3, -0.25) is 9.59 Å². The van der Waals surface area contributed by atoms with Crippen LogP contribution in [0.25, 0.3) is 5.69 Å². The van der Waals surface area contributed by atoms with Gasteiger partial charge in [0, 0.05) is 31.5 Å². The first-order chi connectivity index (χ1) is 13.6. The molecule has 1 amide bonds. The van der Waals surface area contributed by atoms with Crippen molar-refractivity contribution >= 4 is 17.5 Å². The Morgan fingerprint density at radius 1 is 1.21 bits per heavy atom. The highest BCUT2D eigenvalue weighted by molar-refractivity contribution is 6.30. The summed E-state index contributed by atoms with van der Waals surface area (Å²) in [7, 11) is 1.49. The van der Waals surface area contributed by atoms with Gasteiger partial charge in [0.2, 0.25) is 5.91 Å². The summed E-state index contributed by atoms with van der Waals surface area (Å²) in [4.78, 5) is 25.7. The molecule has 0 radical (unpaired) electrons. The highest BCUT2D eigenvalue weighted by atomic mass is 35.5. The minimum absolute atomic E-state index is 0.174. The normalized spacial score (nSPS) is 11.5. The molecule has 0 N–H and O–H groups in total. The molecule has 0 spiro atoms. The van der Waals surface area contributed by atoms with E-state index in [2.05, 4.69) is 5.10 Å². The molecule has 29 heavy (non-hydrogen) atoms.